The van der Waals surface area contributed by atoms with Crippen molar-refractivity contribution < 1.29 is 4.79 Å². The molecule has 3 aromatic heterocycles. The maximum atomic E-state index is 12.7. The second-order valence-corrected chi connectivity index (χ2v) is 7.90. The lowest BCUT2D eigenvalue weighted by Crippen LogP contribution is -2.52. The van der Waals surface area contributed by atoms with Crippen LogP contribution in [-0.4, -0.2) is 48.4 Å². The van der Waals surface area contributed by atoms with Crippen molar-refractivity contribution in [1.82, 2.24) is 29.4 Å². The van der Waals surface area contributed by atoms with Crippen LogP contribution in [0.25, 0.3) is 16.7 Å². The van der Waals surface area contributed by atoms with Gasteiger partial charge in [-0.15, -0.1) is 5.10 Å². The summed E-state index contributed by atoms with van der Waals surface area (Å²) in [5.74, 6) is 0.795. The lowest BCUT2D eigenvalue weighted by molar-refractivity contribution is 0.0453. The number of carbonyl (C=O) groups excluding carboxylic acids is 1. The summed E-state index contributed by atoms with van der Waals surface area (Å²) in [6.45, 7) is 5.56. The lowest BCUT2D eigenvalue weighted by atomic mass is 10.00. The number of aryl methyl sites for hydroxylation is 2. The van der Waals surface area contributed by atoms with E-state index in [1.807, 2.05) is 50.2 Å². The van der Waals surface area contributed by atoms with E-state index in [0.29, 0.717) is 31.1 Å². The number of aromatic nitrogens is 5. The lowest BCUT2D eigenvalue weighted by Gasteiger charge is -2.39. The summed E-state index contributed by atoms with van der Waals surface area (Å²) in [5, 5.41) is 9.95. The van der Waals surface area contributed by atoms with Gasteiger partial charge >= 0.3 is 0 Å². The molecule has 0 unspecified atom stereocenters. The van der Waals surface area contributed by atoms with Gasteiger partial charge in [-0.05, 0) is 38.1 Å². The molecule has 0 atom stereocenters. The van der Waals surface area contributed by atoms with Gasteiger partial charge in [0.1, 0.15) is 5.69 Å². The fraction of sp³-hybridized carbons (Fsp3) is 0.273. The second kappa shape index (κ2) is 6.98. The highest BCUT2D eigenvalue weighted by molar-refractivity contribution is 5.98. The third kappa shape index (κ3) is 3.20. The van der Waals surface area contributed by atoms with E-state index in [1.54, 1.807) is 15.6 Å². The van der Waals surface area contributed by atoms with E-state index in [1.165, 1.54) is 10.7 Å². The topological polar surface area (TPSA) is 88.8 Å². The average Bonchev–Trinajstić information content (AvgIpc) is 3.28. The molecule has 1 aromatic carbocycles. The molecule has 0 aliphatic carbocycles. The second-order valence-electron chi connectivity index (χ2n) is 7.90. The fourth-order valence-corrected chi connectivity index (χ4v) is 4.00. The Morgan fingerprint density at radius 3 is 2.63 bits per heavy atom. The first-order chi connectivity index (χ1) is 14.5. The van der Waals surface area contributed by atoms with Crippen molar-refractivity contribution in [2.75, 3.05) is 13.1 Å². The van der Waals surface area contributed by atoms with Gasteiger partial charge in [-0.2, -0.15) is 5.10 Å². The summed E-state index contributed by atoms with van der Waals surface area (Å²) >= 11 is 0. The number of hydrogen-bond acceptors (Lipinski definition) is 4. The van der Waals surface area contributed by atoms with E-state index in [4.69, 9.17) is 0 Å². The first kappa shape index (κ1) is 18.4. The minimum Gasteiger partial charge on any atom is -0.351 e. The molecule has 30 heavy (non-hydrogen) atoms. The van der Waals surface area contributed by atoms with Crippen LogP contribution in [0.1, 0.15) is 21.9 Å². The Hall–Kier alpha value is -3.68. The minimum absolute atomic E-state index is 0.0147. The summed E-state index contributed by atoms with van der Waals surface area (Å²) in [6, 6.07) is 14.9. The zero-order chi connectivity index (χ0) is 20.8. The number of H-pyrrole nitrogens is 1. The molecule has 5 rings (SSSR count). The van der Waals surface area contributed by atoms with E-state index in [9.17, 15) is 9.59 Å². The molecule has 0 radical (unpaired) electrons. The van der Waals surface area contributed by atoms with Gasteiger partial charge in [0, 0.05) is 41.7 Å². The van der Waals surface area contributed by atoms with Crippen LogP contribution in [0.2, 0.25) is 0 Å². The summed E-state index contributed by atoms with van der Waals surface area (Å²) < 4.78 is 3.21. The fourth-order valence-electron chi connectivity index (χ4n) is 4.00. The summed E-state index contributed by atoms with van der Waals surface area (Å²) in [4.78, 5) is 30.0. The molecule has 0 bridgehead atoms. The molecule has 0 saturated carbocycles. The Kier molecular flexibility index (Phi) is 4.27. The molecule has 4 heterocycles. The van der Waals surface area contributed by atoms with Crippen molar-refractivity contribution in [1.29, 1.82) is 0 Å². The average molecular weight is 402 g/mol. The van der Waals surface area contributed by atoms with E-state index in [-0.39, 0.29) is 17.4 Å². The van der Waals surface area contributed by atoms with Crippen LogP contribution in [0.3, 0.4) is 0 Å². The van der Waals surface area contributed by atoms with Crippen molar-refractivity contribution in [3.8, 4) is 5.82 Å². The smallest absolute Gasteiger partial charge is 0.270 e. The van der Waals surface area contributed by atoms with E-state index in [2.05, 4.69) is 15.2 Å². The van der Waals surface area contributed by atoms with Crippen molar-refractivity contribution in [2.24, 2.45) is 5.92 Å². The molecular formula is C22H22N6O2. The third-order valence-corrected chi connectivity index (χ3v) is 5.52. The Bertz CT molecular complexity index is 1280. The van der Waals surface area contributed by atoms with Gasteiger partial charge in [-0.3, -0.25) is 9.59 Å². The highest BCUT2D eigenvalue weighted by atomic mass is 16.2. The Balaban J connectivity index is 1.28. The molecule has 1 aliphatic rings. The molecule has 4 aromatic rings. The first-order valence-electron chi connectivity index (χ1n) is 9.97. The van der Waals surface area contributed by atoms with Gasteiger partial charge in [0.2, 0.25) is 0 Å². The number of aromatic amines is 1. The van der Waals surface area contributed by atoms with Gasteiger partial charge in [0.15, 0.2) is 5.82 Å². The standard InChI is InChI=1S/C22H22N6O2/c1-14-9-15(2)28(24-14)20-7-8-21(29)27(25-20)13-16-11-26(12-16)22(30)19-10-17-5-3-4-6-18(17)23-19/h3-10,16,23H,11-13H2,1-2H3. The Labute approximate surface area is 172 Å². The van der Waals surface area contributed by atoms with E-state index in [0.717, 1.165) is 22.3 Å². The number of hydrogen-bond donors (Lipinski definition) is 1. The maximum absolute atomic E-state index is 12.7. The first-order valence-corrected chi connectivity index (χ1v) is 9.97. The minimum atomic E-state index is -0.152. The molecule has 1 N–H and O–H groups in total. The number of nitrogens with zero attached hydrogens (tertiary/aromatic N) is 5. The summed E-state index contributed by atoms with van der Waals surface area (Å²) in [7, 11) is 0. The number of rotatable bonds is 4. The molecule has 1 saturated heterocycles. The highest BCUT2D eigenvalue weighted by Gasteiger charge is 2.32. The Morgan fingerprint density at radius 2 is 1.90 bits per heavy atom. The molecule has 8 nitrogen and oxygen atoms in total. The number of amides is 1. The van der Waals surface area contributed by atoms with Crippen LogP contribution in [-0.2, 0) is 6.54 Å². The van der Waals surface area contributed by atoms with Gasteiger partial charge < -0.3 is 9.88 Å². The molecule has 1 amide bonds. The van der Waals surface area contributed by atoms with Crippen LogP contribution in [0, 0.1) is 19.8 Å². The third-order valence-electron chi connectivity index (χ3n) is 5.52. The number of fused-ring (bicyclic) bond motifs is 1. The molecule has 1 aliphatic heterocycles. The van der Waals surface area contributed by atoms with Crippen LogP contribution in [0.15, 0.2) is 53.3 Å². The van der Waals surface area contributed by atoms with E-state index < -0.39 is 0 Å². The van der Waals surface area contributed by atoms with Crippen molar-refractivity contribution in [3.05, 3.63) is 76.0 Å². The van der Waals surface area contributed by atoms with Crippen LogP contribution >= 0.6 is 0 Å². The number of carbonyl (C=O) groups is 1. The zero-order valence-corrected chi connectivity index (χ0v) is 16.9. The highest BCUT2D eigenvalue weighted by Crippen LogP contribution is 2.22. The maximum Gasteiger partial charge on any atom is 0.270 e. The monoisotopic (exact) mass is 402 g/mol. The predicted molar refractivity (Wildman–Crippen MR) is 113 cm³/mol. The number of para-hydroxylation sites is 1. The summed E-state index contributed by atoms with van der Waals surface area (Å²) in [5.41, 5.74) is 3.26. The normalized spacial score (nSPS) is 14.3. The van der Waals surface area contributed by atoms with Crippen molar-refractivity contribution >= 4 is 16.8 Å². The molecule has 152 valence electrons. The number of likely N-dealkylation sites (tertiary alicyclic amines) is 1. The Morgan fingerprint density at radius 1 is 1.10 bits per heavy atom. The predicted octanol–water partition coefficient (Wildman–Crippen LogP) is 2.30. The molecule has 1 fully saturated rings. The van der Waals surface area contributed by atoms with Gasteiger partial charge in [0.25, 0.3) is 11.5 Å². The van der Waals surface area contributed by atoms with Crippen LogP contribution in [0.5, 0.6) is 0 Å². The van der Waals surface area contributed by atoms with Gasteiger partial charge in [0.05, 0.1) is 12.2 Å². The van der Waals surface area contributed by atoms with Crippen molar-refractivity contribution in [2.45, 2.75) is 20.4 Å². The quantitative estimate of drug-likeness (QED) is 0.567. The zero-order valence-electron chi connectivity index (χ0n) is 16.9. The van der Waals surface area contributed by atoms with Crippen LogP contribution < -0.4 is 5.56 Å². The molecule has 0 spiro atoms. The molecule has 8 heteroatoms. The van der Waals surface area contributed by atoms with Gasteiger partial charge in [-0.1, -0.05) is 18.2 Å². The largest absolute Gasteiger partial charge is 0.351 e. The number of nitrogens with one attached hydrogen (secondary N) is 1. The molecular weight excluding hydrogens is 380 g/mol. The SMILES string of the molecule is Cc1cc(C)n(-c2ccc(=O)n(CC3CN(C(=O)c4cc5ccccc5[nH]4)C3)n2)n1. The van der Waals surface area contributed by atoms with Crippen molar-refractivity contribution in [3.63, 3.8) is 0 Å². The number of benzene rings is 1. The van der Waals surface area contributed by atoms with Crippen LogP contribution in [0.4, 0.5) is 0 Å². The van der Waals surface area contributed by atoms with Gasteiger partial charge in [-0.25, -0.2) is 9.36 Å². The summed E-state index contributed by atoms with van der Waals surface area (Å²) in [6.07, 6.45) is 0. The van der Waals surface area contributed by atoms with E-state index >= 15 is 0 Å².